The molecule has 0 aromatic carbocycles. The average molecular weight is 319 g/mol. The fourth-order valence-corrected chi connectivity index (χ4v) is 2.93. The van der Waals surface area contributed by atoms with Crippen LogP contribution in [0.4, 0.5) is 5.82 Å². The van der Waals surface area contributed by atoms with E-state index in [0.717, 1.165) is 23.4 Å². The Morgan fingerprint density at radius 1 is 1.65 bits per heavy atom. The van der Waals surface area contributed by atoms with Crippen LogP contribution in [-0.4, -0.2) is 35.6 Å². The van der Waals surface area contributed by atoms with Crippen LogP contribution in [0.2, 0.25) is 5.02 Å². The first kappa shape index (κ1) is 13.1. The lowest BCUT2D eigenvalue weighted by atomic mass is 10.1. The average Bonchev–Trinajstić information content (AvgIpc) is 2.33. The van der Waals surface area contributed by atoms with E-state index in [2.05, 4.69) is 38.1 Å². The van der Waals surface area contributed by atoms with Crippen molar-refractivity contribution in [2.24, 2.45) is 0 Å². The lowest BCUT2D eigenvalue weighted by molar-refractivity contribution is 0.226. The maximum atomic E-state index is 5.88. The molecule has 1 atom stereocenters. The first-order valence-corrected chi connectivity index (χ1v) is 7.16. The molecule has 5 heteroatoms. The molecule has 1 aromatic rings. The van der Waals surface area contributed by atoms with Gasteiger partial charge in [0.05, 0.1) is 9.50 Å². The van der Waals surface area contributed by atoms with Crippen LogP contribution in [0.1, 0.15) is 19.8 Å². The van der Waals surface area contributed by atoms with Gasteiger partial charge in [0.2, 0.25) is 0 Å². The van der Waals surface area contributed by atoms with E-state index in [9.17, 15) is 0 Å². The number of halogens is 2. The van der Waals surface area contributed by atoms with E-state index in [1.54, 1.807) is 6.20 Å². The molecule has 17 heavy (non-hydrogen) atoms. The van der Waals surface area contributed by atoms with Gasteiger partial charge in [0.25, 0.3) is 0 Å². The van der Waals surface area contributed by atoms with Gasteiger partial charge in [-0.2, -0.15) is 0 Å². The van der Waals surface area contributed by atoms with Crippen LogP contribution in [0.3, 0.4) is 0 Å². The van der Waals surface area contributed by atoms with Crippen molar-refractivity contribution in [3.8, 4) is 0 Å². The monoisotopic (exact) mass is 317 g/mol. The third-order valence-corrected chi connectivity index (χ3v) is 3.91. The van der Waals surface area contributed by atoms with Crippen LogP contribution in [0, 0.1) is 0 Å². The molecular formula is C12H17BrClN3. The number of nitrogens with one attached hydrogen (secondary N) is 1. The van der Waals surface area contributed by atoms with E-state index >= 15 is 0 Å². The predicted molar refractivity (Wildman–Crippen MR) is 75.7 cm³/mol. The van der Waals surface area contributed by atoms with Crippen molar-refractivity contribution in [2.75, 3.05) is 25.0 Å². The number of hydrogen-bond donors (Lipinski definition) is 1. The van der Waals surface area contributed by atoms with E-state index in [1.165, 1.54) is 19.4 Å². The summed E-state index contributed by atoms with van der Waals surface area (Å²) in [5, 5.41) is 4.14. The molecule has 1 unspecified atom stereocenters. The Hall–Kier alpha value is -0.320. The van der Waals surface area contributed by atoms with Crippen molar-refractivity contribution in [3.63, 3.8) is 0 Å². The highest BCUT2D eigenvalue weighted by molar-refractivity contribution is 9.10. The second-order valence-corrected chi connectivity index (χ2v) is 5.65. The molecule has 0 spiro atoms. The smallest absolute Gasteiger partial charge is 0.140 e. The van der Waals surface area contributed by atoms with Crippen LogP contribution >= 0.6 is 27.5 Å². The van der Waals surface area contributed by atoms with E-state index in [0.29, 0.717) is 11.1 Å². The first-order valence-electron chi connectivity index (χ1n) is 5.99. The van der Waals surface area contributed by atoms with Crippen LogP contribution in [0.25, 0.3) is 0 Å². The highest BCUT2D eigenvalue weighted by Crippen LogP contribution is 2.25. The Labute approximate surface area is 116 Å². The number of likely N-dealkylation sites (tertiary alicyclic amines) is 1. The molecule has 1 N–H and O–H groups in total. The molecule has 1 aliphatic rings. The second kappa shape index (κ2) is 6.03. The van der Waals surface area contributed by atoms with E-state index in [-0.39, 0.29) is 0 Å². The molecule has 1 aromatic heterocycles. The quantitative estimate of drug-likeness (QED) is 0.926. The number of likely N-dealkylation sites (N-methyl/N-ethyl adjacent to an activating group) is 1. The number of nitrogens with zero attached hydrogens (tertiary/aromatic N) is 2. The Morgan fingerprint density at radius 2 is 2.47 bits per heavy atom. The minimum Gasteiger partial charge on any atom is -0.365 e. The second-order valence-electron chi connectivity index (χ2n) is 4.36. The number of piperidine rings is 1. The largest absolute Gasteiger partial charge is 0.365 e. The Balaban J connectivity index is 2.00. The van der Waals surface area contributed by atoms with Gasteiger partial charge >= 0.3 is 0 Å². The van der Waals surface area contributed by atoms with Gasteiger partial charge < -0.3 is 10.2 Å². The molecule has 0 bridgehead atoms. The molecule has 1 saturated heterocycles. The zero-order valence-corrected chi connectivity index (χ0v) is 12.3. The van der Waals surface area contributed by atoms with E-state index in [4.69, 9.17) is 11.6 Å². The summed E-state index contributed by atoms with van der Waals surface area (Å²) in [5.41, 5.74) is 0. The van der Waals surface area contributed by atoms with E-state index in [1.807, 2.05) is 6.07 Å². The lowest BCUT2D eigenvalue weighted by Gasteiger charge is -2.32. The lowest BCUT2D eigenvalue weighted by Crippen LogP contribution is -2.42. The van der Waals surface area contributed by atoms with Crippen molar-refractivity contribution >= 4 is 33.3 Å². The summed E-state index contributed by atoms with van der Waals surface area (Å²) in [6.07, 6.45) is 4.12. The Bertz CT molecular complexity index is 386. The Morgan fingerprint density at radius 3 is 3.18 bits per heavy atom. The molecule has 2 heterocycles. The van der Waals surface area contributed by atoms with Crippen LogP contribution in [0.15, 0.2) is 16.7 Å². The van der Waals surface area contributed by atoms with Crippen LogP contribution < -0.4 is 5.32 Å². The van der Waals surface area contributed by atoms with Crippen molar-refractivity contribution in [1.29, 1.82) is 0 Å². The third kappa shape index (κ3) is 3.57. The summed E-state index contributed by atoms with van der Waals surface area (Å²) < 4.78 is 0.929. The molecule has 0 radical (unpaired) electrons. The summed E-state index contributed by atoms with van der Waals surface area (Å²) in [6, 6.07) is 2.35. The molecule has 0 aliphatic carbocycles. The topological polar surface area (TPSA) is 28.2 Å². The maximum Gasteiger partial charge on any atom is 0.140 e. The number of aromatic nitrogens is 1. The fraction of sp³-hybridized carbons (Fsp3) is 0.583. The minimum atomic E-state index is 0.480. The SMILES string of the molecule is CCN1CCCC(Nc2ncc(Cl)cc2Br)C1. The molecule has 94 valence electrons. The van der Waals surface area contributed by atoms with Gasteiger partial charge in [-0.1, -0.05) is 18.5 Å². The summed E-state index contributed by atoms with van der Waals surface area (Å²) in [4.78, 5) is 6.78. The zero-order chi connectivity index (χ0) is 12.3. The highest BCUT2D eigenvalue weighted by atomic mass is 79.9. The van der Waals surface area contributed by atoms with Gasteiger partial charge in [0.1, 0.15) is 5.82 Å². The normalized spacial score (nSPS) is 21.5. The summed E-state index contributed by atoms with van der Waals surface area (Å²) in [6.45, 7) is 5.63. The highest BCUT2D eigenvalue weighted by Gasteiger charge is 2.19. The number of pyridine rings is 1. The predicted octanol–water partition coefficient (Wildman–Crippen LogP) is 3.39. The number of rotatable bonds is 3. The van der Waals surface area contributed by atoms with Crippen LogP contribution in [-0.2, 0) is 0 Å². The van der Waals surface area contributed by atoms with Gasteiger partial charge in [0.15, 0.2) is 0 Å². The first-order chi connectivity index (χ1) is 8.19. The van der Waals surface area contributed by atoms with E-state index < -0.39 is 0 Å². The fourth-order valence-electron chi connectivity index (χ4n) is 2.17. The Kier molecular flexibility index (Phi) is 4.65. The molecule has 2 rings (SSSR count). The van der Waals surface area contributed by atoms with Crippen molar-refractivity contribution < 1.29 is 0 Å². The molecular weight excluding hydrogens is 302 g/mol. The van der Waals surface area contributed by atoms with Crippen molar-refractivity contribution in [2.45, 2.75) is 25.8 Å². The van der Waals surface area contributed by atoms with Crippen molar-refractivity contribution in [1.82, 2.24) is 9.88 Å². The van der Waals surface area contributed by atoms with Gasteiger partial charge in [0, 0.05) is 18.8 Å². The summed E-state index contributed by atoms with van der Waals surface area (Å²) >= 11 is 9.36. The zero-order valence-electron chi connectivity index (χ0n) is 9.92. The standard InChI is InChI=1S/C12H17BrClN3/c1-2-17-5-3-4-10(8-17)16-12-11(13)6-9(14)7-15-12/h6-7,10H,2-5,8H2,1H3,(H,15,16). The number of hydrogen-bond acceptors (Lipinski definition) is 3. The summed E-state index contributed by atoms with van der Waals surface area (Å²) in [5.74, 6) is 0.886. The molecule has 0 saturated carbocycles. The molecule has 3 nitrogen and oxygen atoms in total. The van der Waals surface area contributed by atoms with Crippen LogP contribution in [0.5, 0.6) is 0 Å². The van der Waals surface area contributed by atoms with Gasteiger partial charge in [-0.15, -0.1) is 0 Å². The van der Waals surface area contributed by atoms with Gasteiger partial charge in [-0.25, -0.2) is 4.98 Å². The van der Waals surface area contributed by atoms with Gasteiger partial charge in [-0.05, 0) is 47.9 Å². The third-order valence-electron chi connectivity index (χ3n) is 3.10. The number of anilines is 1. The van der Waals surface area contributed by atoms with Crippen molar-refractivity contribution in [3.05, 3.63) is 21.8 Å². The molecule has 0 amide bonds. The summed E-state index contributed by atoms with van der Waals surface area (Å²) in [7, 11) is 0. The molecule has 1 fully saturated rings. The van der Waals surface area contributed by atoms with Gasteiger partial charge in [-0.3, -0.25) is 0 Å². The minimum absolute atomic E-state index is 0.480. The maximum absolute atomic E-state index is 5.88. The molecule has 1 aliphatic heterocycles.